The normalized spacial score (nSPS) is 12.0. The van der Waals surface area contributed by atoms with Crippen LogP contribution in [0, 0.1) is 0 Å². The molecule has 0 spiro atoms. The van der Waals surface area contributed by atoms with E-state index in [1.807, 2.05) is 0 Å². The molecule has 0 aliphatic carbocycles. The minimum Gasteiger partial charge on any atom is -0.467 e. The highest BCUT2D eigenvalue weighted by Gasteiger charge is 2.30. The Kier molecular flexibility index (Phi) is 6.98. The summed E-state index contributed by atoms with van der Waals surface area (Å²) in [4.78, 5) is 36.1. The van der Waals surface area contributed by atoms with Gasteiger partial charge in [0.15, 0.2) is 0 Å². The second-order valence-electron chi connectivity index (χ2n) is 6.02. The molecule has 6 nitrogen and oxygen atoms in total. The van der Waals surface area contributed by atoms with E-state index in [9.17, 15) is 27.6 Å². The van der Waals surface area contributed by atoms with Crippen molar-refractivity contribution < 1.29 is 37.0 Å². The number of halogens is 3. The fourth-order valence-corrected chi connectivity index (χ4v) is 2.55. The van der Waals surface area contributed by atoms with Crippen molar-refractivity contribution >= 4 is 17.8 Å². The van der Waals surface area contributed by atoms with Crippen molar-refractivity contribution in [2.75, 3.05) is 14.2 Å². The lowest BCUT2D eigenvalue weighted by Crippen LogP contribution is -2.43. The van der Waals surface area contributed by atoms with E-state index in [1.165, 1.54) is 43.5 Å². The van der Waals surface area contributed by atoms with E-state index in [2.05, 4.69) is 14.8 Å². The Labute approximate surface area is 164 Å². The maximum atomic E-state index is 12.7. The van der Waals surface area contributed by atoms with Crippen LogP contribution in [-0.2, 0) is 26.9 Å². The Morgan fingerprint density at radius 2 is 1.59 bits per heavy atom. The molecular formula is C20H18F3NO5. The summed E-state index contributed by atoms with van der Waals surface area (Å²) >= 11 is 0. The first-order chi connectivity index (χ1) is 13.7. The Bertz CT molecular complexity index is 894. The molecule has 2 rings (SSSR count). The standard InChI is InChI=1S/C20H18F3NO5/c1-28-18(26)14-5-3-4-13(11-14)17(25)24-16(19(27)29-2)10-12-6-8-15(9-7-12)20(21,22)23/h3-9,11,16H,10H2,1-2H3,(H,24,25)/t16-/m0/s1. The summed E-state index contributed by atoms with van der Waals surface area (Å²) in [5.74, 6) is -2.05. The Hall–Kier alpha value is -3.36. The van der Waals surface area contributed by atoms with Gasteiger partial charge in [0.05, 0.1) is 25.3 Å². The summed E-state index contributed by atoms with van der Waals surface area (Å²) in [5, 5.41) is 2.47. The number of hydrogen-bond donors (Lipinski definition) is 1. The van der Waals surface area contributed by atoms with Crippen molar-refractivity contribution in [3.05, 3.63) is 70.8 Å². The summed E-state index contributed by atoms with van der Waals surface area (Å²) in [5.41, 5.74) is -0.164. The third kappa shape index (κ3) is 5.81. The Morgan fingerprint density at radius 1 is 0.966 bits per heavy atom. The molecule has 0 aromatic heterocycles. The first kappa shape index (κ1) is 21.9. The number of nitrogens with one attached hydrogen (secondary N) is 1. The minimum atomic E-state index is -4.47. The third-order valence-corrected chi connectivity index (χ3v) is 4.06. The van der Waals surface area contributed by atoms with Crippen LogP contribution in [0.2, 0.25) is 0 Å². The van der Waals surface area contributed by atoms with E-state index in [0.717, 1.165) is 19.2 Å². The highest BCUT2D eigenvalue weighted by atomic mass is 19.4. The van der Waals surface area contributed by atoms with Gasteiger partial charge in [-0.3, -0.25) is 4.79 Å². The highest BCUT2D eigenvalue weighted by molar-refractivity contribution is 5.99. The van der Waals surface area contributed by atoms with E-state index < -0.39 is 35.6 Å². The topological polar surface area (TPSA) is 81.7 Å². The number of carbonyl (C=O) groups is 3. The fraction of sp³-hybridized carbons (Fsp3) is 0.250. The first-order valence-corrected chi connectivity index (χ1v) is 8.39. The van der Waals surface area contributed by atoms with Gasteiger partial charge in [-0.15, -0.1) is 0 Å². The molecule has 0 saturated carbocycles. The van der Waals surface area contributed by atoms with Gasteiger partial charge in [0.2, 0.25) is 0 Å². The molecule has 154 valence electrons. The van der Waals surface area contributed by atoms with Crippen molar-refractivity contribution in [2.45, 2.75) is 18.6 Å². The van der Waals surface area contributed by atoms with Gasteiger partial charge < -0.3 is 14.8 Å². The van der Waals surface area contributed by atoms with E-state index in [1.54, 1.807) is 0 Å². The van der Waals surface area contributed by atoms with Gasteiger partial charge >= 0.3 is 18.1 Å². The average molecular weight is 409 g/mol. The summed E-state index contributed by atoms with van der Waals surface area (Å²) in [7, 11) is 2.33. The molecule has 0 heterocycles. The van der Waals surface area contributed by atoms with Gasteiger partial charge in [0.1, 0.15) is 6.04 Å². The van der Waals surface area contributed by atoms with E-state index in [-0.39, 0.29) is 17.5 Å². The van der Waals surface area contributed by atoms with Gasteiger partial charge in [-0.25, -0.2) is 9.59 Å². The SMILES string of the molecule is COC(=O)c1cccc(C(=O)N[C@@H](Cc2ccc(C(F)(F)F)cc2)C(=O)OC)c1. The second kappa shape index (κ2) is 9.22. The number of amides is 1. The molecule has 0 aliphatic rings. The number of benzene rings is 2. The Morgan fingerprint density at radius 3 is 2.14 bits per heavy atom. The van der Waals surface area contributed by atoms with Crippen LogP contribution < -0.4 is 5.32 Å². The molecule has 0 fully saturated rings. The monoisotopic (exact) mass is 409 g/mol. The lowest BCUT2D eigenvalue weighted by atomic mass is 10.0. The van der Waals surface area contributed by atoms with Crippen molar-refractivity contribution in [1.29, 1.82) is 0 Å². The summed E-state index contributed by atoms with van der Waals surface area (Å²) in [6, 6.07) is 8.78. The predicted molar refractivity (Wildman–Crippen MR) is 96.2 cm³/mol. The number of methoxy groups -OCH3 is 2. The number of ether oxygens (including phenoxy) is 2. The summed E-state index contributed by atoms with van der Waals surface area (Å²) in [6.45, 7) is 0. The molecule has 2 aromatic rings. The van der Waals surface area contributed by atoms with E-state index in [4.69, 9.17) is 0 Å². The molecule has 0 bridgehead atoms. The zero-order valence-electron chi connectivity index (χ0n) is 15.6. The third-order valence-electron chi connectivity index (χ3n) is 4.06. The highest BCUT2D eigenvalue weighted by Crippen LogP contribution is 2.29. The zero-order valence-corrected chi connectivity index (χ0v) is 15.6. The molecule has 1 amide bonds. The molecular weight excluding hydrogens is 391 g/mol. The van der Waals surface area contributed by atoms with Gasteiger partial charge in [-0.05, 0) is 35.9 Å². The Balaban J connectivity index is 2.18. The number of carbonyl (C=O) groups excluding carboxylic acids is 3. The van der Waals surface area contributed by atoms with Gasteiger partial charge in [-0.1, -0.05) is 18.2 Å². The molecule has 1 atom stereocenters. The van der Waals surface area contributed by atoms with E-state index in [0.29, 0.717) is 5.56 Å². The second-order valence-corrected chi connectivity index (χ2v) is 6.02. The minimum absolute atomic E-state index is 0.0761. The summed E-state index contributed by atoms with van der Waals surface area (Å²) < 4.78 is 47.3. The smallest absolute Gasteiger partial charge is 0.416 e. The molecule has 1 N–H and O–H groups in total. The fourth-order valence-electron chi connectivity index (χ4n) is 2.55. The number of alkyl halides is 3. The predicted octanol–water partition coefficient (Wildman–Crippen LogP) is 3.01. The maximum Gasteiger partial charge on any atom is 0.416 e. The number of hydrogen-bond acceptors (Lipinski definition) is 5. The van der Waals surface area contributed by atoms with Crippen molar-refractivity contribution in [3.8, 4) is 0 Å². The van der Waals surface area contributed by atoms with Crippen LogP contribution in [0.15, 0.2) is 48.5 Å². The first-order valence-electron chi connectivity index (χ1n) is 8.39. The number of esters is 2. The maximum absolute atomic E-state index is 12.7. The van der Waals surface area contributed by atoms with Gasteiger partial charge in [0, 0.05) is 12.0 Å². The van der Waals surface area contributed by atoms with Crippen LogP contribution in [0.4, 0.5) is 13.2 Å². The van der Waals surface area contributed by atoms with Crippen LogP contribution in [-0.4, -0.2) is 38.1 Å². The van der Waals surface area contributed by atoms with E-state index >= 15 is 0 Å². The van der Waals surface area contributed by atoms with Crippen LogP contribution in [0.3, 0.4) is 0 Å². The molecule has 0 aliphatic heterocycles. The average Bonchev–Trinajstić information content (AvgIpc) is 2.71. The summed E-state index contributed by atoms with van der Waals surface area (Å²) in [6.07, 6.45) is -4.55. The largest absolute Gasteiger partial charge is 0.467 e. The number of rotatable bonds is 6. The van der Waals surface area contributed by atoms with Gasteiger partial charge in [0.25, 0.3) is 5.91 Å². The van der Waals surface area contributed by atoms with Crippen LogP contribution in [0.25, 0.3) is 0 Å². The molecule has 29 heavy (non-hydrogen) atoms. The van der Waals surface area contributed by atoms with Crippen molar-refractivity contribution in [2.24, 2.45) is 0 Å². The lowest BCUT2D eigenvalue weighted by molar-refractivity contribution is -0.143. The molecule has 0 saturated heterocycles. The molecule has 0 radical (unpaired) electrons. The van der Waals surface area contributed by atoms with Gasteiger partial charge in [-0.2, -0.15) is 13.2 Å². The molecule has 0 unspecified atom stereocenters. The quantitative estimate of drug-likeness (QED) is 0.742. The van der Waals surface area contributed by atoms with Crippen LogP contribution in [0.5, 0.6) is 0 Å². The molecule has 2 aromatic carbocycles. The zero-order chi connectivity index (χ0) is 21.6. The van der Waals surface area contributed by atoms with Crippen molar-refractivity contribution in [3.63, 3.8) is 0 Å². The molecule has 9 heteroatoms. The van der Waals surface area contributed by atoms with Crippen LogP contribution in [0.1, 0.15) is 31.8 Å². The van der Waals surface area contributed by atoms with Crippen molar-refractivity contribution in [1.82, 2.24) is 5.32 Å². The lowest BCUT2D eigenvalue weighted by Gasteiger charge is -2.17. The van der Waals surface area contributed by atoms with Crippen LogP contribution >= 0.6 is 0 Å².